The van der Waals surface area contributed by atoms with Crippen molar-refractivity contribution in [2.45, 2.75) is 25.0 Å². The third-order valence-electron chi connectivity index (χ3n) is 5.55. The fourth-order valence-electron chi connectivity index (χ4n) is 3.83. The van der Waals surface area contributed by atoms with Crippen molar-refractivity contribution >= 4 is 27.5 Å². The van der Waals surface area contributed by atoms with Crippen LogP contribution in [0.25, 0.3) is 21.6 Å². The minimum absolute atomic E-state index is 0.300. The van der Waals surface area contributed by atoms with Crippen LogP contribution in [0.2, 0.25) is 0 Å². The van der Waals surface area contributed by atoms with Gasteiger partial charge in [0, 0.05) is 32.5 Å². The summed E-state index contributed by atoms with van der Waals surface area (Å²) in [7, 11) is 1.88. The van der Waals surface area contributed by atoms with Gasteiger partial charge in [0.2, 0.25) is 0 Å². The number of nitrogens with one attached hydrogen (secondary N) is 1. The molecule has 2 atom stereocenters. The van der Waals surface area contributed by atoms with E-state index in [1.807, 2.05) is 55.2 Å². The summed E-state index contributed by atoms with van der Waals surface area (Å²) in [4.78, 5) is 22.0. The minimum atomic E-state index is -0.610. The van der Waals surface area contributed by atoms with Gasteiger partial charge in [-0.1, -0.05) is 6.07 Å². The Morgan fingerprint density at radius 1 is 1.31 bits per heavy atom. The van der Waals surface area contributed by atoms with E-state index in [2.05, 4.69) is 20.4 Å². The quantitative estimate of drug-likeness (QED) is 0.486. The first-order chi connectivity index (χ1) is 15.6. The van der Waals surface area contributed by atoms with Gasteiger partial charge >= 0.3 is 0 Å². The smallest absolute Gasteiger partial charge is 0.270 e. The lowest BCUT2D eigenvalue weighted by Gasteiger charge is -2.28. The molecule has 9 heteroatoms. The summed E-state index contributed by atoms with van der Waals surface area (Å²) in [6, 6.07) is 9.25. The highest BCUT2D eigenvalue weighted by molar-refractivity contribution is 7.17. The molecule has 0 unspecified atom stereocenters. The highest BCUT2D eigenvalue weighted by atomic mass is 32.1. The van der Waals surface area contributed by atoms with Gasteiger partial charge in [0.25, 0.3) is 5.91 Å². The van der Waals surface area contributed by atoms with E-state index in [1.165, 1.54) is 0 Å². The van der Waals surface area contributed by atoms with Crippen LogP contribution in [0.5, 0.6) is 0 Å². The van der Waals surface area contributed by atoms with Crippen LogP contribution in [0.4, 0.5) is 0 Å². The molecule has 0 aliphatic carbocycles. The van der Waals surface area contributed by atoms with Crippen LogP contribution in [-0.2, 0) is 18.2 Å². The number of pyridine rings is 2. The van der Waals surface area contributed by atoms with E-state index < -0.39 is 12.1 Å². The van der Waals surface area contributed by atoms with Crippen LogP contribution in [0, 0.1) is 0 Å². The summed E-state index contributed by atoms with van der Waals surface area (Å²) in [5.41, 5.74) is 4.82. The Morgan fingerprint density at radius 3 is 2.97 bits per heavy atom. The largest absolute Gasteiger partial charge is 0.391 e. The number of rotatable bonds is 5. The molecule has 0 spiro atoms. The van der Waals surface area contributed by atoms with Crippen molar-refractivity contribution in [3.63, 3.8) is 0 Å². The molecule has 8 nitrogen and oxygen atoms in total. The molecule has 4 aromatic heterocycles. The molecule has 0 radical (unpaired) electrons. The second-order valence-electron chi connectivity index (χ2n) is 7.92. The fraction of sp³-hybridized carbons (Fsp3) is 0.304. The molecule has 5 rings (SSSR count). The Bertz CT molecular complexity index is 1250. The molecule has 164 valence electrons. The van der Waals surface area contributed by atoms with E-state index in [-0.39, 0.29) is 5.91 Å². The van der Waals surface area contributed by atoms with Crippen LogP contribution in [0.1, 0.15) is 28.0 Å². The van der Waals surface area contributed by atoms with Gasteiger partial charge in [0.15, 0.2) is 0 Å². The first kappa shape index (κ1) is 20.7. The standard InChI is InChI=1S/C23H23N5O3S/c1-28-7-4-17(27-28)16-3-2-14(12-24-16)10-15-11-19(25-18-6-9-32-22(15)18)23(30)26-20-13-31-8-5-21(20)29/h2-4,6-7,9,11-12,20-21,29H,5,8,10,13H2,1H3,(H,26,30)/t20-,21-/m1/s1. The lowest BCUT2D eigenvalue weighted by atomic mass is 10.0. The molecular weight excluding hydrogens is 426 g/mol. The normalized spacial score (nSPS) is 18.7. The monoisotopic (exact) mass is 449 g/mol. The predicted octanol–water partition coefficient (Wildman–Crippen LogP) is 2.56. The van der Waals surface area contributed by atoms with E-state index in [0.717, 1.165) is 32.7 Å². The zero-order valence-electron chi connectivity index (χ0n) is 17.6. The fourth-order valence-corrected chi connectivity index (χ4v) is 4.68. The highest BCUT2D eigenvalue weighted by Crippen LogP contribution is 2.27. The summed E-state index contributed by atoms with van der Waals surface area (Å²) in [6.45, 7) is 0.804. The minimum Gasteiger partial charge on any atom is -0.391 e. The van der Waals surface area contributed by atoms with Gasteiger partial charge < -0.3 is 15.2 Å². The number of ether oxygens (including phenoxy) is 1. The van der Waals surface area contributed by atoms with Crippen LogP contribution in [0.15, 0.2) is 48.1 Å². The van der Waals surface area contributed by atoms with Gasteiger partial charge in [-0.05, 0) is 47.2 Å². The van der Waals surface area contributed by atoms with Crippen molar-refractivity contribution in [2.24, 2.45) is 7.05 Å². The maximum Gasteiger partial charge on any atom is 0.270 e. The molecule has 0 aromatic carbocycles. The molecule has 32 heavy (non-hydrogen) atoms. The second-order valence-corrected chi connectivity index (χ2v) is 8.83. The first-order valence-corrected chi connectivity index (χ1v) is 11.3. The van der Waals surface area contributed by atoms with Crippen molar-refractivity contribution in [1.82, 2.24) is 25.1 Å². The number of aliphatic hydroxyl groups excluding tert-OH is 1. The number of thiophene rings is 1. The van der Waals surface area contributed by atoms with Crippen LogP contribution in [-0.4, -0.2) is 56.1 Å². The van der Waals surface area contributed by atoms with Gasteiger partial charge in [-0.25, -0.2) is 4.98 Å². The number of aromatic nitrogens is 4. The summed E-state index contributed by atoms with van der Waals surface area (Å²) in [6.07, 6.45) is 4.26. The van der Waals surface area contributed by atoms with Crippen molar-refractivity contribution in [1.29, 1.82) is 0 Å². The van der Waals surface area contributed by atoms with Crippen molar-refractivity contribution in [3.05, 3.63) is 64.9 Å². The molecule has 1 amide bonds. The number of carbonyl (C=O) groups excluding carboxylic acids is 1. The maximum absolute atomic E-state index is 12.9. The third-order valence-corrected chi connectivity index (χ3v) is 6.53. The number of nitrogens with zero attached hydrogens (tertiary/aromatic N) is 4. The van der Waals surface area contributed by atoms with Gasteiger partial charge in [0.1, 0.15) is 11.4 Å². The number of hydrogen-bond acceptors (Lipinski definition) is 7. The van der Waals surface area contributed by atoms with Crippen LogP contribution >= 0.6 is 11.3 Å². The summed E-state index contributed by atoms with van der Waals surface area (Å²) in [5, 5.41) is 19.4. The number of hydrogen-bond donors (Lipinski definition) is 2. The molecule has 1 fully saturated rings. The van der Waals surface area contributed by atoms with Crippen molar-refractivity contribution in [2.75, 3.05) is 13.2 Å². The Labute approximate surface area is 188 Å². The van der Waals surface area contributed by atoms with E-state index in [9.17, 15) is 9.90 Å². The number of carbonyl (C=O) groups is 1. The summed E-state index contributed by atoms with van der Waals surface area (Å²) >= 11 is 1.61. The molecule has 0 bridgehead atoms. The average Bonchev–Trinajstić information content (AvgIpc) is 3.45. The predicted molar refractivity (Wildman–Crippen MR) is 122 cm³/mol. The average molecular weight is 450 g/mol. The zero-order valence-corrected chi connectivity index (χ0v) is 18.4. The zero-order chi connectivity index (χ0) is 22.1. The second kappa shape index (κ2) is 8.78. The molecule has 1 aliphatic heterocycles. The molecule has 1 aliphatic rings. The maximum atomic E-state index is 12.9. The van der Waals surface area contributed by atoms with Gasteiger partial charge in [-0.2, -0.15) is 5.10 Å². The molecule has 1 saturated heterocycles. The Balaban J connectivity index is 1.39. The van der Waals surface area contributed by atoms with E-state index in [4.69, 9.17) is 4.74 Å². The Morgan fingerprint density at radius 2 is 2.22 bits per heavy atom. The molecule has 0 saturated carbocycles. The lowest BCUT2D eigenvalue weighted by molar-refractivity contribution is -0.0140. The Hall–Kier alpha value is -3.14. The van der Waals surface area contributed by atoms with E-state index in [0.29, 0.717) is 31.7 Å². The van der Waals surface area contributed by atoms with E-state index >= 15 is 0 Å². The van der Waals surface area contributed by atoms with Gasteiger partial charge in [0.05, 0.1) is 34.7 Å². The number of aliphatic hydroxyl groups is 1. The number of fused-ring (bicyclic) bond motifs is 1. The SMILES string of the molecule is Cn1ccc(-c2ccc(Cc3cc(C(=O)N[C@@H]4COCC[C@H]4O)nc4ccsc34)cn2)n1. The summed E-state index contributed by atoms with van der Waals surface area (Å²) < 4.78 is 8.19. The molecule has 2 N–H and O–H groups in total. The van der Waals surface area contributed by atoms with Crippen molar-refractivity contribution in [3.8, 4) is 11.4 Å². The van der Waals surface area contributed by atoms with Crippen LogP contribution < -0.4 is 5.32 Å². The first-order valence-electron chi connectivity index (χ1n) is 10.5. The van der Waals surface area contributed by atoms with E-state index in [1.54, 1.807) is 16.0 Å². The number of amides is 1. The molecule has 5 heterocycles. The van der Waals surface area contributed by atoms with Crippen molar-refractivity contribution < 1.29 is 14.6 Å². The van der Waals surface area contributed by atoms with Gasteiger partial charge in [-0.15, -0.1) is 11.3 Å². The van der Waals surface area contributed by atoms with Crippen LogP contribution in [0.3, 0.4) is 0 Å². The lowest BCUT2D eigenvalue weighted by Crippen LogP contribution is -2.49. The molecule has 4 aromatic rings. The third kappa shape index (κ3) is 4.27. The number of aryl methyl sites for hydroxylation is 1. The Kier molecular flexibility index (Phi) is 5.69. The summed E-state index contributed by atoms with van der Waals surface area (Å²) in [5.74, 6) is -0.308. The highest BCUT2D eigenvalue weighted by Gasteiger charge is 2.26. The van der Waals surface area contributed by atoms with Gasteiger partial charge in [-0.3, -0.25) is 14.5 Å². The topological polar surface area (TPSA) is 102 Å². The molecular formula is C23H23N5O3S.